The first-order valence-corrected chi connectivity index (χ1v) is 11.0. The van der Waals surface area contributed by atoms with Gasteiger partial charge in [-0.2, -0.15) is 9.78 Å². The van der Waals surface area contributed by atoms with Crippen molar-refractivity contribution in [3.63, 3.8) is 0 Å². The quantitative estimate of drug-likeness (QED) is 0.488. The molecule has 10 heteroatoms. The molecule has 0 radical (unpaired) electrons. The molecule has 0 unspecified atom stereocenters. The fourth-order valence-electron chi connectivity index (χ4n) is 3.44. The van der Waals surface area contributed by atoms with Gasteiger partial charge in [-0.25, -0.2) is 9.78 Å². The van der Waals surface area contributed by atoms with Gasteiger partial charge in [0.25, 0.3) is 5.56 Å². The van der Waals surface area contributed by atoms with Gasteiger partial charge < -0.3 is 14.8 Å². The number of aromatic nitrogens is 4. The first kappa shape index (κ1) is 24.8. The van der Waals surface area contributed by atoms with Crippen LogP contribution in [0.1, 0.15) is 50.2 Å². The molecule has 182 valence electrons. The molecular formula is C24H32N6O4. The highest BCUT2D eigenvalue weighted by atomic mass is 16.5. The first-order chi connectivity index (χ1) is 16.1. The predicted octanol–water partition coefficient (Wildman–Crippen LogP) is 3.46. The Hall–Kier alpha value is -3.82. The minimum Gasteiger partial charge on any atom is -0.493 e. The summed E-state index contributed by atoms with van der Waals surface area (Å²) in [6.45, 7) is 10.0. The van der Waals surface area contributed by atoms with Crippen LogP contribution in [0.4, 0.5) is 10.6 Å². The van der Waals surface area contributed by atoms with E-state index >= 15 is 0 Å². The molecule has 0 aliphatic rings. The Kier molecular flexibility index (Phi) is 7.29. The van der Waals surface area contributed by atoms with Crippen LogP contribution in [0.15, 0.2) is 29.1 Å². The molecule has 3 aromatic rings. The summed E-state index contributed by atoms with van der Waals surface area (Å²) < 4.78 is 12.0. The number of urea groups is 1. The fraction of sp³-hybridized carbons (Fsp3) is 0.417. The number of carbonyl (C=O) groups is 1. The van der Waals surface area contributed by atoms with Crippen molar-refractivity contribution in [1.29, 1.82) is 0 Å². The van der Waals surface area contributed by atoms with E-state index in [0.717, 1.165) is 11.3 Å². The normalized spacial score (nSPS) is 11.3. The summed E-state index contributed by atoms with van der Waals surface area (Å²) in [5.74, 6) is 1.82. The molecule has 1 aromatic carbocycles. The molecule has 3 N–H and O–H groups in total. The molecule has 0 aliphatic heterocycles. The largest absolute Gasteiger partial charge is 0.493 e. The van der Waals surface area contributed by atoms with Crippen LogP contribution >= 0.6 is 0 Å². The summed E-state index contributed by atoms with van der Waals surface area (Å²) in [4.78, 5) is 32.5. The lowest BCUT2D eigenvalue weighted by Crippen LogP contribution is -2.29. The van der Waals surface area contributed by atoms with Crippen LogP contribution < -0.4 is 25.7 Å². The number of nitrogens with one attached hydrogen (secondary N) is 3. The predicted molar refractivity (Wildman–Crippen MR) is 130 cm³/mol. The molecule has 2 aromatic heterocycles. The number of aromatic amines is 1. The van der Waals surface area contributed by atoms with Crippen LogP contribution in [0.3, 0.4) is 0 Å². The van der Waals surface area contributed by atoms with Gasteiger partial charge in [-0.1, -0.05) is 33.8 Å². The highest BCUT2D eigenvalue weighted by Crippen LogP contribution is 2.28. The average molecular weight is 469 g/mol. The molecule has 0 spiro atoms. The van der Waals surface area contributed by atoms with E-state index in [9.17, 15) is 9.59 Å². The smallest absolute Gasteiger partial charge is 0.320 e. The summed E-state index contributed by atoms with van der Waals surface area (Å²) >= 11 is 0. The van der Waals surface area contributed by atoms with E-state index in [-0.39, 0.29) is 23.5 Å². The number of anilines is 1. The van der Waals surface area contributed by atoms with Gasteiger partial charge in [0, 0.05) is 29.3 Å². The molecule has 3 rings (SSSR count). The van der Waals surface area contributed by atoms with Gasteiger partial charge in [-0.3, -0.25) is 15.1 Å². The molecular weight excluding hydrogens is 436 g/mol. The second-order valence-corrected chi connectivity index (χ2v) is 8.88. The van der Waals surface area contributed by atoms with Crippen molar-refractivity contribution in [2.75, 3.05) is 19.5 Å². The van der Waals surface area contributed by atoms with Crippen LogP contribution in [0, 0.1) is 6.92 Å². The Bertz CT molecular complexity index is 1240. The Morgan fingerprint density at radius 1 is 1.15 bits per heavy atom. The van der Waals surface area contributed by atoms with E-state index in [1.165, 1.54) is 4.68 Å². The third kappa shape index (κ3) is 5.38. The van der Waals surface area contributed by atoms with Crippen molar-refractivity contribution in [3.05, 3.63) is 57.1 Å². The number of nitrogens with zero attached hydrogens (tertiary/aromatic N) is 3. The second kappa shape index (κ2) is 9.98. The van der Waals surface area contributed by atoms with Gasteiger partial charge in [0.05, 0.1) is 19.9 Å². The zero-order chi connectivity index (χ0) is 25.0. The fourth-order valence-corrected chi connectivity index (χ4v) is 3.44. The van der Waals surface area contributed by atoms with E-state index in [2.05, 4.69) is 25.7 Å². The van der Waals surface area contributed by atoms with Crippen LogP contribution in [0.2, 0.25) is 0 Å². The second-order valence-electron chi connectivity index (χ2n) is 8.88. The third-order valence-corrected chi connectivity index (χ3v) is 5.38. The lowest BCUT2D eigenvalue weighted by atomic mass is 9.92. The number of hydrogen-bond donors (Lipinski definition) is 3. The van der Waals surface area contributed by atoms with E-state index in [1.54, 1.807) is 39.3 Å². The maximum absolute atomic E-state index is 12.7. The summed E-state index contributed by atoms with van der Waals surface area (Å²) in [6.07, 6.45) is 0.574. The van der Waals surface area contributed by atoms with Gasteiger partial charge in [-0.15, -0.1) is 0 Å². The zero-order valence-electron chi connectivity index (χ0n) is 20.7. The van der Waals surface area contributed by atoms with Gasteiger partial charge in [-0.05, 0) is 31.0 Å². The van der Waals surface area contributed by atoms with E-state index in [0.29, 0.717) is 35.0 Å². The summed E-state index contributed by atoms with van der Waals surface area (Å²) in [7, 11) is 3.13. The first-order valence-electron chi connectivity index (χ1n) is 11.0. The van der Waals surface area contributed by atoms with Crippen molar-refractivity contribution >= 4 is 11.8 Å². The monoisotopic (exact) mass is 468 g/mol. The third-order valence-electron chi connectivity index (χ3n) is 5.38. The van der Waals surface area contributed by atoms with E-state index in [1.807, 2.05) is 33.8 Å². The highest BCUT2D eigenvalue weighted by molar-refractivity contribution is 5.88. The Balaban J connectivity index is 1.86. The lowest BCUT2D eigenvalue weighted by molar-refractivity contribution is 0.251. The Labute approximate surface area is 198 Å². The van der Waals surface area contributed by atoms with Crippen molar-refractivity contribution in [1.82, 2.24) is 25.1 Å². The minimum atomic E-state index is -0.430. The molecule has 0 saturated heterocycles. The van der Waals surface area contributed by atoms with E-state index in [4.69, 9.17) is 9.47 Å². The maximum Gasteiger partial charge on any atom is 0.320 e. The van der Waals surface area contributed by atoms with Crippen LogP contribution in [0.5, 0.6) is 11.5 Å². The standard InChI is InChI=1S/C24H32N6O4/c1-8-16-14(2)26-22(28-21(16)31)30-20(12-19(29-30)24(3,4)5)27-23(32)25-13-15-9-10-17(33-6)18(11-15)34-7/h9-12H,8,13H2,1-7H3,(H2,25,27,32)(H,26,28,31). The number of rotatable bonds is 7. The summed E-state index contributed by atoms with van der Waals surface area (Å²) in [5, 5.41) is 10.3. The number of carbonyl (C=O) groups excluding carboxylic acids is 1. The van der Waals surface area contributed by atoms with Crippen molar-refractivity contribution < 1.29 is 14.3 Å². The number of benzene rings is 1. The lowest BCUT2D eigenvalue weighted by Gasteiger charge is -2.14. The number of amides is 2. The minimum absolute atomic E-state index is 0.221. The van der Waals surface area contributed by atoms with Gasteiger partial charge >= 0.3 is 6.03 Å². The van der Waals surface area contributed by atoms with Crippen LogP contribution in [-0.2, 0) is 18.4 Å². The number of aryl methyl sites for hydroxylation is 1. The molecule has 0 aliphatic carbocycles. The van der Waals surface area contributed by atoms with Gasteiger partial charge in [0.15, 0.2) is 11.5 Å². The van der Waals surface area contributed by atoms with E-state index < -0.39 is 6.03 Å². The Morgan fingerprint density at radius 3 is 2.44 bits per heavy atom. The zero-order valence-corrected chi connectivity index (χ0v) is 20.7. The summed E-state index contributed by atoms with van der Waals surface area (Å²) in [5.41, 5.74) is 2.32. The Morgan fingerprint density at radius 2 is 1.85 bits per heavy atom. The topological polar surface area (TPSA) is 123 Å². The van der Waals surface area contributed by atoms with Crippen LogP contribution in [0.25, 0.3) is 5.95 Å². The molecule has 2 amide bonds. The van der Waals surface area contributed by atoms with Gasteiger partial charge in [0.2, 0.25) is 5.95 Å². The molecule has 0 atom stereocenters. The van der Waals surface area contributed by atoms with Crippen molar-refractivity contribution in [2.24, 2.45) is 0 Å². The molecule has 0 bridgehead atoms. The number of H-pyrrole nitrogens is 1. The maximum atomic E-state index is 12.7. The van der Waals surface area contributed by atoms with Crippen molar-refractivity contribution in [2.45, 2.75) is 53.0 Å². The number of hydrogen-bond acceptors (Lipinski definition) is 6. The molecule has 34 heavy (non-hydrogen) atoms. The summed E-state index contributed by atoms with van der Waals surface area (Å²) in [6, 6.07) is 6.77. The SMILES string of the molecule is CCc1c(C)nc(-n2nc(C(C)(C)C)cc2NC(=O)NCc2ccc(OC)c(OC)c2)[nH]c1=O. The van der Waals surface area contributed by atoms with Crippen LogP contribution in [-0.4, -0.2) is 40.0 Å². The molecule has 2 heterocycles. The average Bonchev–Trinajstić information content (AvgIpc) is 3.21. The highest BCUT2D eigenvalue weighted by Gasteiger charge is 2.23. The number of ether oxygens (including phenoxy) is 2. The van der Waals surface area contributed by atoms with Gasteiger partial charge in [0.1, 0.15) is 5.82 Å². The molecule has 0 saturated carbocycles. The number of methoxy groups -OCH3 is 2. The molecule has 10 nitrogen and oxygen atoms in total. The molecule has 0 fully saturated rings. The van der Waals surface area contributed by atoms with Crippen molar-refractivity contribution in [3.8, 4) is 17.4 Å².